The van der Waals surface area contributed by atoms with Crippen LogP contribution in [0, 0.1) is 0 Å². The number of carbonyl (C=O) groups is 2. The normalized spacial score (nSPS) is 14.9. The highest BCUT2D eigenvalue weighted by molar-refractivity contribution is 5.85. The second kappa shape index (κ2) is 7.67. The summed E-state index contributed by atoms with van der Waals surface area (Å²) in [6.45, 7) is 2.21. The fraction of sp³-hybridized carbons (Fsp3) is 0.500. The molecule has 0 atom stereocenters. The average molecular weight is 289 g/mol. The van der Waals surface area contributed by atoms with Gasteiger partial charge >= 0.3 is 0 Å². The fourth-order valence-electron chi connectivity index (χ4n) is 2.43. The summed E-state index contributed by atoms with van der Waals surface area (Å²) in [5.74, 6) is 0.0181. The van der Waals surface area contributed by atoms with Crippen LogP contribution in [0.3, 0.4) is 0 Å². The molecule has 2 amide bonds. The third-order valence-corrected chi connectivity index (χ3v) is 3.72. The number of carbonyl (C=O) groups excluding carboxylic acids is 2. The van der Waals surface area contributed by atoms with Crippen LogP contribution in [-0.4, -0.2) is 49.9 Å². The van der Waals surface area contributed by atoms with Gasteiger partial charge in [-0.2, -0.15) is 0 Å². The van der Waals surface area contributed by atoms with Gasteiger partial charge in [-0.25, -0.2) is 0 Å². The number of hydrogen-bond acceptors (Lipinski definition) is 3. The van der Waals surface area contributed by atoms with Crippen LogP contribution < -0.4 is 10.2 Å². The van der Waals surface area contributed by atoms with Crippen molar-refractivity contribution in [2.75, 3.05) is 38.1 Å². The van der Waals surface area contributed by atoms with E-state index in [1.165, 1.54) is 0 Å². The molecule has 0 saturated carbocycles. The number of anilines is 1. The zero-order chi connectivity index (χ0) is 15.1. The van der Waals surface area contributed by atoms with Crippen molar-refractivity contribution in [3.05, 3.63) is 30.3 Å². The number of likely N-dealkylation sites (N-methyl/N-ethyl adjacent to an activating group) is 1. The van der Waals surface area contributed by atoms with E-state index >= 15 is 0 Å². The van der Waals surface area contributed by atoms with Crippen LogP contribution in [0.1, 0.15) is 19.3 Å². The van der Waals surface area contributed by atoms with Crippen LogP contribution in [0.5, 0.6) is 0 Å². The van der Waals surface area contributed by atoms with Crippen molar-refractivity contribution in [2.24, 2.45) is 0 Å². The smallest absolute Gasteiger partial charge is 0.239 e. The monoisotopic (exact) mass is 289 g/mol. The number of likely N-dealkylation sites (tertiary alicyclic amines) is 1. The molecule has 1 heterocycles. The molecular formula is C16H23N3O2. The number of hydrogen-bond donors (Lipinski definition) is 1. The van der Waals surface area contributed by atoms with E-state index in [4.69, 9.17) is 0 Å². The first-order valence-corrected chi connectivity index (χ1v) is 7.47. The second-order valence-electron chi connectivity index (χ2n) is 5.38. The summed E-state index contributed by atoms with van der Waals surface area (Å²) in [5, 5.41) is 2.88. The average Bonchev–Trinajstić information content (AvgIpc) is 2.50. The molecule has 21 heavy (non-hydrogen) atoms. The zero-order valence-electron chi connectivity index (χ0n) is 12.5. The number of rotatable bonds is 6. The number of amides is 2. The maximum Gasteiger partial charge on any atom is 0.239 e. The van der Waals surface area contributed by atoms with Crippen LogP contribution in [0.4, 0.5) is 5.69 Å². The van der Waals surface area contributed by atoms with Crippen LogP contribution in [-0.2, 0) is 9.59 Å². The third-order valence-electron chi connectivity index (χ3n) is 3.72. The van der Waals surface area contributed by atoms with E-state index in [1.807, 2.05) is 37.4 Å². The highest BCUT2D eigenvalue weighted by atomic mass is 16.2. The summed E-state index contributed by atoms with van der Waals surface area (Å²) in [7, 11) is 2.00. The molecule has 1 aromatic carbocycles. The van der Waals surface area contributed by atoms with Gasteiger partial charge < -0.3 is 15.1 Å². The van der Waals surface area contributed by atoms with E-state index < -0.39 is 0 Å². The predicted octanol–water partition coefficient (Wildman–Crippen LogP) is 1.25. The highest BCUT2D eigenvalue weighted by Crippen LogP contribution is 2.10. The largest absolute Gasteiger partial charge is 0.373 e. The molecule has 1 N–H and O–H groups in total. The van der Waals surface area contributed by atoms with Gasteiger partial charge in [0, 0.05) is 38.8 Å². The Labute approximate surface area is 125 Å². The summed E-state index contributed by atoms with van der Waals surface area (Å²) in [6, 6.07) is 10.0. The first kappa shape index (κ1) is 15.4. The molecule has 0 radical (unpaired) electrons. The SMILES string of the molecule is CN(CCNC(=O)CN1CCCCC1=O)c1ccccc1. The predicted molar refractivity (Wildman–Crippen MR) is 83.2 cm³/mol. The maximum atomic E-state index is 11.9. The molecule has 0 bridgehead atoms. The van der Waals surface area contributed by atoms with Gasteiger partial charge in [0.25, 0.3) is 0 Å². The molecule has 0 aliphatic carbocycles. The van der Waals surface area contributed by atoms with Crippen molar-refractivity contribution in [1.29, 1.82) is 0 Å². The Balaban J connectivity index is 1.68. The minimum Gasteiger partial charge on any atom is -0.373 e. The van der Waals surface area contributed by atoms with Gasteiger partial charge in [0.15, 0.2) is 0 Å². The van der Waals surface area contributed by atoms with Crippen molar-refractivity contribution >= 4 is 17.5 Å². The topological polar surface area (TPSA) is 52.7 Å². The van der Waals surface area contributed by atoms with Crippen molar-refractivity contribution in [1.82, 2.24) is 10.2 Å². The molecule has 0 unspecified atom stereocenters. The number of piperidine rings is 1. The molecule has 5 heteroatoms. The standard InChI is InChI=1S/C16H23N3O2/c1-18(14-7-3-2-4-8-14)12-10-17-15(20)13-19-11-6-5-9-16(19)21/h2-4,7-8H,5-6,9-13H2,1H3,(H,17,20). The highest BCUT2D eigenvalue weighted by Gasteiger charge is 2.20. The van der Waals surface area contributed by atoms with Gasteiger partial charge in [-0.1, -0.05) is 18.2 Å². The molecule has 5 nitrogen and oxygen atoms in total. The van der Waals surface area contributed by atoms with E-state index in [2.05, 4.69) is 10.2 Å². The van der Waals surface area contributed by atoms with Crippen molar-refractivity contribution in [3.8, 4) is 0 Å². The van der Waals surface area contributed by atoms with E-state index in [1.54, 1.807) is 4.90 Å². The number of nitrogens with zero attached hydrogens (tertiary/aromatic N) is 2. The fourth-order valence-corrected chi connectivity index (χ4v) is 2.43. The Morgan fingerprint density at radius 2 is 2.05 bits per heavy atom. The lowest BCUT2D eigenvalue weighted by Crippen LogP contribution is -2.44. The molecule has 1 aliphatic heterocycles. The van der Waals surface area contributed by atoms with Gasteiger partial charge in [0.2, 0.25) is 11.8 Å². The summed E-state index contributed by atoms with van der Waals surface area (Å²) < 4.78 is 0. The number of benzene rings is 1. The van der Waals surface area contributed by atoms with Crippen molar-refractivity contribution < 1.29 is 9.59 Å². The van der Waals surface area contributed by atoms with Gasteiger partial charge in [0.1, 0.15) is 0 Å². The lowest BCUT2D eigenvalue weighted by atomic mass is 10.1. The van der Waals surface area contributed by atoms with Crippen LogP contribution in [0.25, 0.3) is 0 Å². The minimum absolute atomic E-state index is 0.0771. The van der Waals surface area contributed by atoms with E-state index in [-0.39, 0.29) is 18.4 Å². The van der Waals surface area contributed by atoms with Crippen LogP contribution in [0.15, 0.2) is 30.3 Å². The Hall–Kier alpha value is -2.04. The molecule has 1 fully saturated rings. The summed E-state index contributed by atoms with van der Waals surface area (Å²) in [4.78, 5) is 27.2. The first-order chi connectivity index (χ1) is 10.2. The first-order valence-electron chi connectivity index (χ1n) is 7.47. The second-order valence-corrected chi connectivity index (χ2v) is 5.38. The van der Waals surface area contributed by atoms with Crippen molar-refractivity contribution in [2.45, 2.75) is 19.3 Å². The van der Waals surface area contributed by atoms with Gasteiger partial charge in [0.05, 0.1) is 6.54 Å². The minimum atomic E-state index is -0.0771. The lowest BCUT2D eigenvalue weighted by molar-refractivity contribution is -0.137. The van der Waals surface area contributed by atoms with Gasteiger partial charge in [-0.05, 0) is 25.0 Å². The maximum absolute atomic E-state index is 11.9. The number of nitrogens with one attached hydrogen (secondary N) is 1. The summed E-state index contributed by atoms with van der Waals surface area (Å²) in [6.07, 6.45) is 2.51. The zero-order valence-corrected chi connectivity index (χ0v) is 12.5. The van der Waals surface area contributed by atoms with Crippen LogP contribution >= 0.6 is 0 Å². The quantitative estimate of drug-likeness (QED) is 0.857. The van der Waals surface area contributed by atoms with E-state index in [0.717, 1.165) is 25.1 Å². The lowest BCUT2D eigenvalue weighted by Gasteiger charge is -2.26. The summed E-state index contributed by atoms with van der Waals surface area (Å²) >= 11 is 0. The molecule has 1 aromatic rings. The Kier molecular flexibility index (Phi) is 5.60. The Morgan fingerprint density at radius 1 is 1.29 bits per heavy atom. The Bertz CT molecular complexity index is 476. The number of para-hydroxylation sites is 1. The Morgan fingerprint density at radius 3 is 2.76 bits per heavy atom. The molecule has 2 rings (SSSR count). The summed E-state index contributed by atoms with van der Waals surface area (Å²) in [5.41, 5.74) is 1.12. The molecule has 0 spiro atoms. The molecule has 114 valence electrons. The third kappa shape index (κ3) is 4.77. The van der Waals surface area contributed by atoms with E-state index in [9.17, 15) is 9.59 Å². The molecule has 1 aliphatic rings. The molecular weight excluding hydrogens is 266 g/mol. The van der Waals surface area contributed by atoms with Crippen LogP contribution in [0.2, 0.25) is 0 Å². The molecule has 1 saturated heterocycles. The molecule has 0 aromatic heterocycles. The van der Waals surface area contributed by atoms with Crippen molar-refractivity contribution in [3.63, 3.8) is 0 Å². The van der Waals surface area contributed by atoms with E-state index in [0.29, 0.717) is 19.5 Å². The van der Waals surface area contributed by atoms with Gasteiger partial charge in [-0.15, -0.1) is 0 Å². The van der Waals surface area contributed by atoms with Gasteiger partial charge in [-0.3, -0.25) is 9.59 Å².